The number of alkyl halides is 6. The molecule has 0 aliphatic carbocycles. The highest BCUT2D eigenvalue weighted by Crippen LogP contribution is 2.40. The second-order valence-corrected chi connectivity index (χ2v) is 10.4. The van der Waals surface area contributed by atoms with E-state index in [0.29, 0.717) is 11.4 Å². The van der Waals surface area contributed by atoms with Crippen molar-refractivity contribution in [2.75, 3.05) is 18.8 Å². The lowest BCUT2D eigenvalue weighted by molar-refractivity contribution is -0.253. The molecule has 0 saturated carbocycles. The first kappa shape index (κ1) is 30.7. The monoisotopic (exact) mass is 618 g/mol. The average Bonchev–Trinajstić information content (AvgIpc) is 3.58. The molecule has 4 heterocycles. The van der Waals surface area contributed by atoms with Crippen molar-refractivity contribution in [3.05, 3.63) is 83.4 Å². The van der Waals surface area contributed by atoms with Gasteiger partial charge in [0.05, 0.1) is 23.4 Å². The summed E-state index contributed by atoms with van der Waals surface area (Å²) in [6.45, 7) is -1.26. The van der Waals surface area contributed by atoms with Crippen molar-refractivity contribution in [2.45, 2.75) is 37.2 Å². The number of fused-ring (bicyclic) bond motifs is 1. The third-order valence-corrected chi connectivity index (χ3v) is 7.23. The molecule has 1 unspecified atom stereocenters. The van der Waals surface area contributed by atoms with Gasteiger partial charge in [0, 0.05) is 49.2 Å². The molecule has 3 N–H and O–H groups in total. The van der Waals surface area contributed by atoms with Crippen molar-refractivity contribution in [2.24, 2.45) is 0 Å². The van der Waals surface area contributed by atoms with Gasteiger partial charge < -0.3 is 20.2 Å². The van der Waals surface area contributed by atoms with Crippen LogP contribution < -0.4 is 5.73 Å². The van der Waals surface area contributed by atoms with Crippen LogP contribution in [-0.2, 0) is 17.4 Å². The van der Waals surface area contributed by atoms with Crippen LogP contribution in [0.5, 0.6) is 0 Å². The van der Waals surface area contributed by atoms with E-state index in [1.54, 1.807) is 18.2 Å². The van der Waals surface area contributed by atoms with Crippen molar-refractivity contribution in [1.82, 2.24) is 14.9 Å². The molecule has 1 saturated heterocycles. The van der Waals surface area contributed by atoms with Crippen molar-refractivity contribution in [1.29, 1.82) is 0 Å². The third kappa shape index (κ3) is 6.44. The fourth-order valence-electron chi connectivity index (χ4n) is 4.79. The minimum absolute atomic E-state index is 0.0264. The number of pyridine rings is 2. The van der Waals surface area contributed by atoms with Crippen LogP contribution in [-0.4, -0.2) is 56.5 Å². The van der Waals surface area contributed by atoms with Crippen LogP contribution in [0.3, 0.4) is 0 Å². The summed E-state index contributed by atoms with van der Waals surface area (Å²) in [5.74, 6) is -0.594. The first-order valence-corrected chi connectivity index (χ1v) is 13.2. The maximum atomic E-state index is 14.0. The number of carbonyl (C=O) groups is 2. The van der Waals surface area contributed by atoms with Crippen LogP contribution in [0.15, 0.2) is 65.4 Å². The molecule has 1 fully saturated rings. The number of aliphatic hydroxyl groups is 1. The van der Waals surface area contributed by atoms with E-state index in [2.05, 4.69) is 9.97 Å². The molecule has 14 heteroatoms. The van der Waals surface area contributed by atoms with Crippen LogP contribution in [0, 0.1) is 0 Å². The number of hydrogen-bond acceptors (Lipinski definition) is 7. The maximum absolute atomic E-state index is 14.0. The molecule has 1 amide bonds. The summed E-state index contributed by atoms with van der Waals surface area (Å²) in [5, 5.41) is 9.96. The fourth-order valence-corrected chi connectivity index (χ4v) is 4.79. The molecule has 3 aromatic heterocycles. The van der Waals surface area contributed by atoms with E-state index in [0.717, 1.165) is 17.2 Å². The zero-order valence-corrected chi connectivity index (χ0v) is 22.7. The van der Waals surface area contributed by atoms with Crippen LogP contribution in [0.4, 0.5) is 32.2 Å². The molecule has 1 aliphatic rings. The Kier molecular flexibility index (Phi) is 7.97. The van der Waals surface area contributed by atoms with Gasteiger partial charge in [-0.2, -0.15) is 26.3 Å². The summed E-state index contributed by atoms with van der Waals surface area (Å²) in [7, 11) is 0. The van der Waals surface area contributed by atoms with E-state index in [1.807, 2.05) is 0 Å². The number of anilines is 1. The Morgan fingerprint density at radius 3 is 2.43 bits per heavy atom. The largest absolute Gasteiger partial charge is 0.460 e. The number of aromatic nitrogens is 2. The van der Waals surface area contributed by atoms with Gasteiger partial charge in [-0.15, -0.1) is 0 Å². The molecular weight excluding hydrogens is 594 g/mol. The zero-order chi connectivity index (χ0) is 31.9. The van der Waals surface area contributed by atoms with Gasteiger partial charge in [-0.05, 0) is 60.2 Å². The summed E-state index contributed by atoms with van der Waals surface area (Å²) in [6, 6.07) is 9.44. The Balaban J connectivity index is 1.33. The third-order valence-electron chi connectivity index (χ3n) is 7.23. The predicted octanol–water partition coefficient (Wildman–Crippen LogP) is 5.85. The topological polar surface area (TPSA) is 123 Å². The lowest BCUT2D eigenvalue weighted by atomic mass is 10.0. The average molecular weight is 619 g/mol. The number of aryl methyl sites for hydroxylation is 1. The molecule has 5 rings (SSSR count). The van der Waals surface area contributed by atoms with E-state index >= 15 is 0 Å². The number of nitrogens with two attached hydrogens (primary N) is 1. The van der Waals surface area contributed by atoms with Crippen molar-refractivity contribution in [3.63, 3.8) is 0 Å². The molecular formula is C30H24F6N4O4. The standard InChI is InChI=1S/C30H24F6N4O4/c31-29(32,33)23-13-19(24-7-3-18(15-38-24)27(42)40-10-9-28(43,16-40)30(34,35)36)11-20-12-22(44-26(20)23)6-5-21(41)4-1-17-2-8-25(37)39-14-17/h1-4,7-8,11-15,43H,5-6,9-10,16H2,(H2,37,39)/b4-1+. The highest BCUT2D eigenvalue weighted by molar-refractivity contribution is 5.95. The van der Waals surface area contributed by atoms with Crippen LogP contribution in [0.1, 0.15) is 40.1 Å². The maximum Gasteiger partial charge on any atom is 0.420 e. The molecule has 1 atom stereocenters. The number of ketones is 1. The van der Waals surface area contributed by atoms with Gasteiger partial charge >= 0.3 is 12.4 Å². The highest BCUT2D eigenvalue weighted by atomic mass is 19.4. The number of β-amino-alcohol motifs (C(OH)–C–C–N with tert-alkyl or cyclic N) is 1. The SMILES string of the molecule is Nc1ccc(/C=C/C(=O)CCc2cc3cc(-c4ccc(C(=O)N5CCC(O)(C(F)(F)F)C5)cn4)cc(C(F)(F)F)c3o2)cn1. The Morgan fingerprint density at radius 1 is 1.05 bits per heavy atom. The van der Waals surface area contributed by atoms with E-state index in [9.17, 15) is 41.0 Å². The molecule has 8 nitrogen and oxygen atoms in total. The number of benzene rings is 1. The van der Waals surface area contributed by atoms with Gasteiger partial charge in [-0.1, -0.05) is 0 Å². The fraction of sp³-hybridized carbons (Fsp3) is 0.267. The number of rotatable bonds is 7. The molecule has 0 spiro atoms. The van der Waals surface area contributed by atoms with E-state index in [1.165, 1.54) is 36.5 Å². The molecule has 44 heavy (non-hydrogen) atoms. The van der Waals surface area contributed by atoms with Crippen molar-refractivity contribution in [3.8, 4) is 11.3 Å². The van der Waals surface area contributed by atoms with Gasteiger partial charge in [0.2, 0.25) is 0 Å². The number of furan rings is 1. The summed E-state index contributed by atoms with van der Waals surface area (Å²) < 4.78 is 86.9. The normalized spacial score (nSPS) is 17.6. The zero-order valence-electron chi connectivity index (χ0n) is 22.7. The van der Waals surface area contributed by atoms with E-state index in [4.69, 9.17) is 10.2 Å². The number of likely N-dealkylation sites (tertiary alicyclic amines) is 1. The Labute approximate surface area is 245 Å². The molecule has 1 aromatic carbocycles. The number of hydrogen-bond donors (Lipinski definition) is 2. The van der Waals surface area contributed by atoms with Gasteiger partial charge in [-0.3, -0.25) is 14.6 Å². The quantitative estimate of drug-likeness (QED) is 0.197. The smallest absolute Gasteiger partial charge is 0.420 e. The second kappa shape index (κ2) is 11.4. The number of nitrogen functional groups attached to an aromatic ring is 1. The first-order valence-electron chi connectivity index (χ1n) is 13.2. The molecule has 4 aromatic rings. The van der Waals surface area contributed by atoms with Gasteiger partial charge in [-0.25, -0.2) is 4.98 Å². The minimum atomic E-state index is -4.91. The summed E-state index contributed by atoms with van der Waals surface area (Å²) in [5.41, 5.74) is 1.72. The van der Waals surface area contributed by atoms with Crippen molar-refractivity contribution >= 4 is 34.6 Å². The lowest BCUT2D eigenvalue weighted by Crippen LogP contribution is -2.48. The minimum Gasteiger partial charge on any atom is -0.460 e. The molecule has 1 aliphatic heterocycles. The number of nitrogens with zero attached hydrogens (tertiary/aromatic N) is 3. The summed E-state index contributed by atoms with van der Waals surface area (Å²) in [4.78, 5) is 33.9. The molecule has 0 bridgehead atoms. The molecule has 230 valence electrons. The number of halogens is 6. The molecule has 0 radical (unpaired) electrons. The second-order valence-electron chi connectivity index (χ2n) is 10.4. The van der Waals surface area contributed by atoms with Crippen molar-refractivity contribution < 1.29 is 45.5 Å². The number of allylic oxidation sites excluding steroid dienone is 1. The first-order chi connectivity index (χ1) is 20.6. The number of carbonyl (C=O) groups excluding carboxylic acids is 2. The summed E-state index contributed by atoms with van der Waals surface area (Å²) in [6.07, 6.45) is -4.95. The Morgan fingerprint density at radius 2 is 1.82 bits per heavy atom. The van der Waals surface area contributed by atoms with E-state index in [-0.39, 0.29) is 53.1 Å². The van der Waals surface area contributed by atoms with Gasteiger partial charge in [0.1, 0.15) is 17.2 Å². The van der Waals surface area contributed by atoms with E-state index < -0.39 is 48.0 Å². The highest BCUT2D eigenvalue weighted by Gasteiger charge is 2.57. The Hall–Kier alpha value is -4.72. The Bertz CT molecular complexity index is 1730. The van der Waals surface area contributed by atoms with Gasteiger partial charge in [0.15, 0.2) is 11.4 Å². The van der Waals surface area contributed by atoms with Crippen LogP contribution in [0.25, 0.3) is 28.3 Å². The predicted molar refractivity (Wildman–Crippen MR) is 147 cm³/mol. The summed E-state index contributed by atoms with van der Waals surface area (Å²) >= 11 is 0. The van der Waals surface area contributed by atoms with Crippen LogP contribution >= 0.6 is 0 Å². The number of amides is 1. The van der Waals surface area contributed by atoms with Gasteiger partial charge in [0.25, 0.3) is 5.91 Å². The lowest BCUT2D eigenvalue weighted by Gasteiger charge is -2.25. The van der Waals surface area contributed by atoms with Crippen LogP contribution in [0.2, 0.25) is 0 Å².